The average Bonchev–Trinajstić information content (AvgIpc) is 2.40. The number of hydrogen-bond donors (Lipinski definition) is 2. The molecule has 0 saturated carbocycles. The Kier molecular flexibility index (Phi) is 4.39. The largest absolute Gasteiger partial charge is 0.478 e. The zero-order valence-corrected chi connectivity index (χ0v) is 12.9. The number of carboxylic acid groups (broad SMARTS) is 1. The quantitative estimate of drug-likeness (QED) is 0.892. The highest BCUT2D eigenvalue weighted by atomic mass is 35.5. The van der Waals surface area contributed by atoms with Crippen molar-refractivity contribution >= 4 is 33.3 Å². The first-order valence-electron chi connectivity index (χ1n) is 6.03. The maximum absolute atomic E-state index is 13.2. The summed E-state index contributed by atoms with van der Waals surface area (Å²) in [6, 6.07) is 7.25. The summed E-state index contributed by atoms with van der Waals surface area (Å²) in [5.41, 5.74) is 0.0875. The Morgan fingerprint density at radius 1 is 1.27 bits per heavy atom. The molecule has 0 aliphatic heterocycles. The van der Waals surface area contributed by atoms with Gasteiger partial charge in [-0.15, -0.1) is 0 Å². The SMILES string of the molecule is Cc1cccc(NS(=O)(=O)c2cc(F)ccc2Cl)c1C(=O)O. The third kappa shape index (κ3) is 3.20. The second-order valence-corrected chi connectivity index (χ2v) is 6.54. The Labute approximate surface area is 131 Å². The standard InChI is InChI=1S/C14H11ClFNO4S/c1-8-3-2-4-11(13(8)14(18)19)17-22(20,21)12-7-9(16)5-6-10(12)15/h2-7,17H,1H3,(H,18,19). The molecule has 0 aromatic heterocycles. The second-order valence-electron chi connectivity index (χ2n) is 4.48. The fourth-order valence-corrected chi connectivity index (χ4v) is 3.50. The third-order valence-corrected chi connectivity index (χ3v) is 4.76. The molecule has 0 heterocycles. The molecule has 0 fully saturated rings. The lowest BCUT2D eigenvalue weighted by Crippen LogP contribution is -2.17. The first kappa shape index (κ1) is 16.3. The molecule has 0 bridgehead atoms. The van der Waals surface area contributed by atoms with Gasteiger partial charge in [0, 0.05) is 0 Å². The number of hydrogen-bond acceptors (Lipinski definition) is 3. The summed E-state index contributed by atoms with van der Waals surface area (Å²) < 4.78 is 40.0. The van der Waals surface area contributed by atoms with Crippen LogP contribution in [0, 0.1) is 12.7 Å². The van der Waals surface area contributed by atoms with Crippen molar-refractivity contribution in [3.63, 3.8) is 0 Å². The number of nitrogens with one attached hydrogen (secondary N) is 1. The highest BCUT2D eigenvalue weighted by Crippen LogP contribution is 2.27. The molecular formula is C14H11ClFNO4S. The number of carbonyl (C=O) groups is 1. The van der Waals surface area contributed by atoms with Gasteiger partial charge in [-0.05, 0) is 36.8 Å². The summed E-state index contributed by atoms with van der Waals surface area (Å²) in [7, 11) is -4.22. The van der Waals surface area contributed by atoms with E-state index in [0.29, 0.717) is 5.56 Å². The Morgan fingerprint density at radius 3 is 2.59 bits per heavy atom. The lowest BCUT2D eigenvalue weighted by Gasteiger charge is -2.13. The lowest BCUT2D eigenvalue weighted by atomic mass is 10.1. The van der Waals surface area contributed by atoms with E-state index in [1.165, 1.54) is 25.1 Å². The molecule has 0 saturated heterocycles. The second kappa shape index (κ2) is 5.94. The molecule has 22 heavy (non-hydrogen) atoms. The van der Waals surface area contributed by atoms with Crippen molar-refractivity contribution in [2.24, 2.45) is 0 Å². The number of rotatable bonds is 4. The van der Waals surface area contributed by atoms with Crippen LogP contribution in [0.3, 0.4) is 0 Å². The van der Waals surface area contributed by atoms with Crippen molar-refractivity contribution in [3.8, 4) is 0 Å². The molecule has 8 heteroatoms. The van der Waals surface area contributed by atoms with Crippen LogP contribution < -0.4 is 4.72 Å². The summed E-state index contributed by atoms with van der Waals surface area (Å²) in [5, 5.41) is 9.02. The summed E-state index contributed by atoms with van der Waals surface area (Å²) in [4.78, 5) is 10.8. The number of benzene rings is 2. The van der Waals surface area contributed by atoms with Crippen LogP contribution in [0.1, 0.15) is 15.9 Å². The van der Waals surface area contributed by atoms with Crippen LogP contribution in [0.2, 0.25) is 5.02 Å². The number of anilines is 1. The third-order valence-electron chi connectivity index (χ3n) is 2.91. The zero-order valence-electron chi connectivity index (χ0n) is 11.3. The van der Waals surface area contributed by atoms with E-state index in [1.807, 2.05) is 0 Å². The Hall–Kier alpha value is -2.12. The fourth-order valence-electron chi connectivity index (χ4n) is 1.92. The van der Waals surface area contributed by atoms with E-state index in [9.17, 15) is 22.7 Å². The normalized spacial score (nSPS) is 11.2. The smallest absolute Gasteiger partial charge is 0.338 e. The van der Waals surface area contributed by atoms with Gasteiger partial charge in [-0.25, -0.2) is 17.6 Å². The van der Waals surface area contributed by atoms with E-state index in [4.69, 9.17) is 11.6 Å². The minimum absolute atomic E-state index is 0.118. The van der Waals surface area contributed by atoms with Crippen LogP contribution in [0.4, 0.5) is 10.1 Å². The number of carboxylic acids is 1. The van der Waals surface area contributed by atoms with Crippen LogP contribution in [0.15, 0.2) is 41.3 Å². The number of aryl methyl sites for hydroxylation is 1. The Bertz CT molecular complexity index is 852. The molecule has 5 nitrogen and oxygen atoms in total. The molecule has 2 aromatic carbocycles. The van der Waals surface area contributed by atoms with Gasteiger partial charge in [0.15, 0.2) is 0 Å². The Morgan fingerprint density at radius 2 is 1.95 bits per heavy atom. The van der Waals surface area contributed by atoms with Crippen molar-refractivity contribution < 1.29 is 22.7 Å². The van der Waals surface area contributed by atoms with Crippen LogP contribution in [0.25, 0.3) is 0 Å². The minimum Gasteiger partial charge on any atom is -0.478 e. The van der Waals surface area contributed by atoms with Gasteiger partial charge in [0.2, 0.25) is 0 Å². The van der Waals surface area contributed by atoms with Crippen LogP contribution in [0.5, 0.6) is 0 Å². The lowest BCUT2D eigenvalue weighted by molar-refractivity contribution is 0.0697. The molecule has 2 aromatic rings. The van der Waals surface area contributed by atoms with E-state index in [-0.39, 0.29) is 16.3 Å². The summed E-state index contributed by atoms with van der Waals surface area (Å²) in [6.07, 6.45) is 0. The van der Waals surface area contributed by atoms with Gasteiger partial charge in [-0.3, -0.25) is 4.72 Å². The predicted molar refractivity (Wildman–Crippen MR) is 80.4 cm³/mol. The average molecular weight is 344 g/mol. The molecule has 116 valence electrons. The molecule has 0 atom stereocenters. The van der Waals surface area contributed by atoms with E-state index in [1.54, 1.807) is 0 Å². The maximum atomic E-state index is 13.2. The van der Waals surface area contributed by atoms with Crippen molar-refractivity contribution in [1.29, 1.82) is 0 Å². The van der Waals surface area contributed by atoms with E-state index in [2.05, 4.69) is 4.72 Å². The molecule has 0 aliphatic carbocycles. The van der Waals surface area contributed by atoms with Gasteiger partial charge in [0.1, 0.15) is 10.7 Å². The molecule has 0 radical (unpaired) electrons. The van der Waals surface area contributed by atoms with Crippen molar-refractivity contribution in [2.45, 2.75) is 11.8 Å². The summed E-state index contributed by atoms with van der Waals surface area (Å²) in [6.45, 7) is 1.54. The van der Waals surface area contributed by atoms with E-state index in [0.717, 1.165) is 18.2 Å². The molecule has 0 aliphatic rings. The van der Waals surface area contributed by atoms with Crippen molar-refractivity contribution in [3.05, 3.63) is 58.4 Å². The van der Waals surface area contributed by atoms with E-state index >= 15 is 0 Å². The first-order chi connectivity index (χ1) is 10.2. The van der Waals surface area contributed by atoms with E-state index < -0.39 is 26.7 Å². The predicted octanol–water partition coefficient (Wildman–Crippen LogP) is 3.29. The molecule has 2 N–H and O–H groups in total. The number of sulfonamides is 1. The van der Waals surface area contributed by atoms with Gasteiger partial charge in [0.05, 0.1) is 16.3 Å². The monoisotopic (exact) mass is 343 g/mol. The highest BCUT2D eigenvalue weighted by molar-refractivity contribution is 7.92. The molecule has 0 unspecified atom stereocenters. The molecule has 0 amide bonds. The molecule has 0 spiro atoms. The van der Waals surface area contributed by atoms with Crippen LogP contribution in [-0.2, 0) is 10.0 Å². The zero-order chi connectivity index (χ0) is 16.5. The maximum Gasteiger partial charge on any atom is 0.338 e. The fraction of sp³-hybridized carbons (Fsp3) is 0.0714. The Balaban J connectivity index is 2.53. The molecular weight excluding hydrogens is 333 g/mol. The van der Waals surface area contributed by atoms with Gasteiger partial charge < -0.3 is 5.11 Å². The van der Waals surface area contributed by atoms with Crippen molar-refractivity contribution in [2.75, 3.05) is 4.72 Å². The highest BCUT2D eigenvalue weighted by Gasteiger charge is 2.22. The van der Waals surface area contributed by atoms with Gasteiger partial charge >= 0.3 is 5.97 Å². The van der Waals surface area contributed by atoms with Gasteiger partial charge in [-0.1, -0.05) is 23.7 Å². The van der Waals surface area contributed by atoms with Gasteiger partial charge in [-0.2, -0.15) is 0 Å². The van der Waals surface area contributed by atoms with Crippen molar-refractivity contribution in [1.82, 2.24) is 0 Å². The molecule has 2 rings (SSSR count). The van der Waals surface area contributed by atoms with Crippen LogP contribution in [-0.4, -0.2) is 19.5 Å². The number of aromatic carboxylic acids is 1. The topological polar surface area (TPSA) is 83.5 Å². The first-order valence-corrected chi connectivity index (χ1v) is 7.89. The summed E-state index contributed by atoms with van der Waals surface area (Å²) >= 11 is 5.78. The van der Waals surface area contributed by atoms with Crippen LogP contribution >= 0.6 is 11.6 Å². The minimum atomic E-state index is -4.22. The summed E-state index contributed by atoms with van der Waals surface area (Å²) in [5.74, 6) is -2.05. The van der Waals surface area contributed by atoms with Gasteiger partial charge in [0.25, 0.3) is 10.0 Å². The number of halogens is 2.